The summed E-state index contributed by atoms with van der Waals surface area (Å²) in [6, 6.07) is 13.0. The number of rotatable bonds is 7. The SMILES string of the molecule is COc1ccc([C@H](c2nnnn2C2CCCCC2)N2CCN(Cc3ccncc3)CC2)cc1. The number of hydrogen-bond acceptors (Lipinski definition) is 7. The van der Waals surface area contributed by atoms with Crippen molar-refractivity contribution in [3.05, 3.63) is 65.7 Å². The fourth-order valence-corrected chi connectivity index (χ4v) is 5.20. The minimum Gasteiger partial charge on any atom is -0.497 e. The van der Waals surface area contributed by atoms with Gasteiger partial charge in [-0.2, -0.15) is 0 Å². The van der Waals surface area contributed by atoms with Crippen LogP contribution in [0.3, 0.4) is 0 Å². The van der Waals surface area contributed by atoms with Crippen LogP contribution in [0.25, 0.3) is 0 Å². The molecule has 1 aliphatic carbocycles. The van der Waals surface area contributed by atoms with E-state index in [2.05, 4.69) is 59.3 Å². The van der Waals surface area contributed by atoms with Gasteiger partial charge in [-0.1, -0.05) is 31.4 Å². The van der Waals surface area contributed by atoms with Crippen LogP contribution in [0.2, 0.25) is 0 Å². The van der Waals surface area contributed by atoms with Crippen molar-refractivity contribution in [2.24, 2.45) is 0 Å². The first-order chi connectivity index (χ1) is 16.3. The number of methoxy groups -OCH3 is 1. The maximum atomic E-state index is 5.40. The van der Waals surface area contributed by atoms with E-state index in [9.17, 15) is 0 Å². The van der Waals surface area contributed by atoms with Crippen molar-refractivity contribution in [1.29, 1.82) is 0 Å². The van der Waals surface area contributed by atoms with Crippen LogP contribution in [0.5, 0.6) is 5.75 Å². The molecule has 1 aromatic carbocycles. The van der Waals surface area contributed by atoms with E-state index >= 15 is 0 Å². The van der Waals surface area contributed by atoms with Gasteiger partial charge in [0.2, 0.25) is 0 Å². The summed E-state index contributed by atoms with van der Waals surface area (Å²) in [5, 5.41) is 13.2. The summed E-state index contributed by atoms with van der Waals surface area (Å²) >= 11 is 0. The number of aromatic nitrogens is 5. The zero-order chi connectivity index (χ0) is 22.5. The first-order valence-electron chi connectivity index (χ1n) is 12.1. The van der Waals surface area contributed by atoms with E-state index in [1.165, 1.54) is 30.4 Å². The van der Waals surface area contributed by atoms with E-state index in [1.54, 1.807) is 7.11 Å². The molecule has 0 bridgehead atoms. The van der Waals surface area contributed by atoms with E-state index in [1.807, 2.05) is 24.5 Å². The summed E-state index contributed by atoms with van der Waals surface area (Å²) in [4.78, 5) is 9.19. The molecule has 1 saturated carbocycles. The molecule has 1 atom stereocenters. The maximum absolute atomic E-state index is 5.40. The quantitative estimate of drug-likeness (QED) is 0.549. The van der Waals surface area contributed by atoms with Crippen LogP contribution in [0.4, 0.5) is 0 Å². The number of pyridine rings is 1. The van der Waals surface area contributed by atoms with Crippen LogP contribution in [0, 0.1) is 0 Å². The smallest absolute Gasteiger partial charge is 0.173 e. The number of tetrazole rings is 1. The van der Waals surface area contributed by atoms with Crippen molar-refractivity contribution in [2.75, 3.05) is 33.3 Å². The van der Waals surface area contributed by atoms with Crippen molar-refractivity contribution in [2.45, 2.75) is 50.7 Å². The Labute approximate surface area is 195 Å². The van der Waals surface area contributed by atoms with E-state index in [0.29, 0.717) is 6.04 Å². The number of hydrogen-bond donors (Lipinski definition) is 0. The normalized spacial score (nSPS) is 19.4. The Balaban J connectivity index is 1.38. The van der Waals surface area contributed by atoms with Crippen LogP contribution in [-0.4, -0.2) is 68.3 Å². The predicted molar refractivity (Wildman–Crippen MR) is 126 cm³/mol. The minimum absolute atomic E-state index is 0.0379. The van der Waals surface area contributed by atoms with E-state index in [-0.39, 0.29) is 6.04 Å². The molecule has 1 saturated heterocycles. The molecule has 0 unspecified atom stereocenters. The number of ether oxygens (including phenoxy) is 1. The van der Waals surface area contributed by atoms with Crippen LogP contribution >= 0.6 is 0 Å². The molecule has 5 rings (SSSR count). The molecule has 2 fully saturated rings. The number of benzene rings is 1. The van der Waals surface area contributed by atoms with Gasteiger partial charge in [0.05, 0.1) is 19.2 Å². The third-order valence-corrected chi connectivity index (χ3v) is 7.04. The van der Waals surface area contributed by atoms with Gasteiger partial charge in [-0.25, -0.2) is 4.68 Å². The molecule has 33 heavy (non-hydrogen) atoms. The highest BCUT2D eigenvalue weighted by Gasteiger charge is 2.32. The molecule has 2 aromatic heterocycles. The van der Waals surface area contributed by atoms with Crippen LogP contribution in [-0.2, 0) is 6.54 Å². The average molecular weight is 448 g/mol. The van der Waals surface area contributed by atoms with Gasteiger partial charge >= 0.3 is 0 Å². The zero-order valence-corrected chi connectivity index (χ0v) is 19.4. The molecule has 8 nitrogen and oxygen atoms in total. The molecule has 3 heterocycles. The molecule has 0 N–H and O–H groups in total. The molecule has 0 amide bonds. The molecule has 8 heteroatoms. The van der Waals surface area contributed by atoms with Gasteiger partial charge in [-0.05, 0) is 58.7 Å². The lowest BCUT2D eigenvalue weighted by Crippen LogP contribution is -2.48. The molecule has 0 radical (unpaired) electrons. The largest absolute Gasteiger partial charge is 0.497 e. The summed E-state index contributed by atoms with van der Waals surface area (Å²) in [6.07, 6.45) is 9.89. The Hall–Kier alpha value is -2.84. The van der Waals surface area contributed by atoms with Crippen LogP contribution in [0.1, 0.15) is 61.1 Å². The standard InChI is InChI=1S/C25H33N7O/c1-33-23-9-7-21(8-10-23)24(25-27-28-29-32(25)22-5-3-2-4-6-22)31-17-15-30(16-18-31)19-20-11-13-26-14-12-20/h7-14,22,24H,2-6,15-19H2,1H3/t24-/m1/s1. The molecule has 3 aromatic rings. The fourth-order valence-electron chi connectivity index (χ4n) is 5.20. The highest BCUT2D eigenvalue weighted by atomic mass is 16.5. The monoisotopic (exact) mass is 447 g/mol. The third-order valence-electron chi connectivity index (χ3n) is 7.04. The van der Waals surface area contributed by atoms with Crippen molar-refractivity contribution in [3.8, 4) is 5.75 Å². The first-order valence-corrected chi connectivity index (χ1v) is 12.1. The highest BCUT2D eigenvalue weighted by Crippen LogP contribution is 2.34. The second kappa shape index (κ2) is 10.4. The summed E-state index contributed by atoms with van der Waals surface area (Å²) < 4.78 is 7.53. The summed E-state index contributed by atoms with van der Waals surface area (Å²) in [6.45, 7) is 4.93. The molecular formula is C25H33N7O. The third kappa shape index (κ3) is 5.07. The van der Waals surface area contributed by atoms with Crippen LogP contribution < -0.4 is 4.74 Å². The van der Waals surface area contributed by atoms with Gasteiger partial charge in [-0.3, -0.25) is 14.8 Å². The van der Waals surface area contributed by atoms with Crippen molar-refractivity contribution >= 4 is 0 Å². The van der Waals surface area contributed by atoms with Gasteiger partial charge in [0, 0.05) is 45.1 Å². The molecule has 0 spiro atoms. The summed E-state index contributed by atoms with van der Waals surface area (Å²) in [5.41, 5.74) is 2.52. The number of piperazine rings is 1. The van der Waals surface area contributed by atoms with E-state index in [0.717, 1.165) is 57.1 Å². The zero-order valence-electron chi connectivity index (χ0n) is 19.4. The molecule has 1 aliphatic heterocycles. The van der Waals surface area contributed by atoms with Gasteiger partial charge in [0.15, 0.2) is 5.82 Å². The topological polar surface area (TPSA) is 72.2 Å². The predicted octanol–water partition coefficient (Wildman–Crippen LogP) is 3.49. The summed E-state index contributed by atoms with van der Waals surface area (Å²) in [7, 11) is 1.71. The fraction of sp³-hybridized carbons (Fsp3) is 0.520. The van der Waals surface area contributed by atoms with E-state index < -0.39 is 0 Å². The molecule has 174 valence electrons. The first kappa shape index (κ1) is 22.0. The molecule has 2 aliphatic rings. The second-order valence-corrected chi connectivity index (χ2v) is 9.12. The van der Waals surface area contributed by atoms with Gasteiger partial charge in [0.1, 0.15) is 5.75 Å². The Morgan fingerprint density at radius 3 is 2.36 bits per heavy atom. The lowest BCUT2D eigenvalue weighted by molar-refractivity contribution is 0.0986. The van der Waals surface area contributed by atoms with Crippen LogP contribution in [0.15, 0.2) is 48.8 Å². The van der Waals surface area contributed by atoms with Crippen molar-refractivity contribution < 1.29 is 4.74 Å². The van der Waals surface area contributed by atoms with Gasteiger partial charge < -0.3 is 4.74 Å². The lowest BCUT2D eigenvalue weighted by atomic mass is 9.95. The van der Waals surface area contributed by atoms with Crippen molar-refractivity contribution in [3.63, 3.8) is 0 Å². The van der Waals surface area contributed by atoms with Gasteiger partial charge in [0.25, 0.3) is 0 Å². The van der Waals surface area contributed by atoms with Gasteiger partial charge in [-0.15, -0.1) is 5.10 Å². The van der Waals surface area contributed by atoms with E-state index in [4.69, 9.17) is 4.74 Å². The minimum atomic E-state index is 0.0379. The maximum Gasteiger partial charge on any atom is 0.173 e. The molecular weight excluding hydrogens is 414 g/mol. The van der Waals surface area contributed by atoms with Crippen molar-refractivity contribution in [1.82, 2.24) is 35.0 Å². The highest BCUT2D eigenvalue weighted by molar-refractivity contribution is 5.32. The Kier molecular flexibility index (Phi) is 6.92. The average Bonchev–Trinajstić information content (AvgIpc) is 3.36. The Bertz CT molecular complexity index is 993. The summed E-state index contributed by atoms with van der Waals surface area (Å²) in [5.74, 6) is 1.83. The Morgan fingerprint density at radius 2 is 1.67 bits per heavy atom. The Morgan fingerprint density at radius 1 is 0.939 bits per heavy atom. The lowest BCUT2D eigenvalue weighted by Gasteiger charge is -2.39. The second-order valence-electron chi connectivity index (χ2n) is 9.12. The number of nitrogens with zero attached hydrogens (tertiary/aromatic N) is 7.